The summed E-state index contributed by atoms with van der Waals surface area (Å²) in [5.41, 5.74) is -0.0440. The number of benzene rings is 1. The second kappa shape index (κ2) is 9.42. The molecule has 3 aromatic heterocycles. The Morgan fingerprint density at radius 1 is 1.16 bits per heavy atom. The van der Waals surface area contributed by atoms with E-state index in [1.54, 1.807) is 25.3 Å². The zero-order chi connectivity index (χ0) is 26.4. The predicted octanol–water partition coefficient (Wildman–Crippen LogP) is 5.94. The first-order valence-electron chi connectivity index (χ1n) is 11.7. The molecule has 37 heavy (non-hydrogen) atoms. The molecular weight excluding hydrogens is 507 g/mol. The van der Waals surface area contributed by atoms with Crippen LogP contribution in [0, 0.1) is 11.8 Å². The van der Waals surface area contributed by atoms with Gasteiger partial charge in [-0.3, -0.25) is 4.79 Å². The van der Waals surface area contributed by atoms with Crippen LogP contribution < -0.4 is 5.32 Å². The molecule has 194 valence electrons. The predicted molar refractivity (Wildman–Crippen MR) is 132 cm³/mol. The number of carboxylic acids is 1. The minimum absolute atomic E-state index is 0.0724. The highest BCUT2D eigenvalue weighted by molar-refractivity contribution is 7.15. The van der Waals surface area contributed by atoms with E-state index < -0.39 is 23.4 Å². The highest BCUT2D eigenvalue weighted by Gasteiger charge is 2.40. The number of H-pyrrole nitrogens is 1. The molecule has 12 heteroatoms. The van der Waals surface area contributed by atoms with Crippen LogP contribution in [0.25, 0.3) is 21.3 Å². The first kappa shape index (κ1) is 25.2. The average molecular weight is 532 g/mol. The highest BCUT2D eigenvalue weighted by Crippen LogP contribution is 2.44. The summed E-state index contributed by atoms with van der Waals surface area (Å²) in [4.78, 5) is 27.2. The van der Waals surface area contributed by atoms with Gasteiger partial charge in [0.1, 0.15) is 16.3 Å². The van der Waals surface area contributed by atoms with E-state index >= 15 is 0 Å². The third-order valence-corrected chi connectivity index (χ3v) is 8.22. The summed E-state index contributed by atoms with van der Waals surface area (Å²) in [5, 5.41) is 24.8. The fourth-order valence-corrected chi connectivity index (χ4v) is 5.89. The minimum Gasteiger partial charge on any atom is -0.481 e. The lowest BCUT2D eigenvalue weighted by molar-refractivity contribution is -0.144. The standard InChI is InChI=1S/C25H24F3N5O3S/c1-24(36,14-4-2-13(3-5-14)21(34)35)22-31-12-19(37-22)17-11-30-18-10-15(6-7-16(17)18)32-23-29-9-8-20(33-23)25(26,27)28/h6-14,30,36H,2-5H2,1H3,(H,34,35)(H,29,32,33)/t13-,14-,24?. The molecule has 1 atom stereocenters. The van der Waals surface area contributed by atoms with Crippen LogP contribution in [0.4, 0.5) is 24.8 Å². The number of thiazole rings is 1. The van der Waals surface area contributed by atoms with Crippen molar-refractivity contribution in [2.45, 2.75) is 44.4 Å². The van der Waals surface area contributed by atoms with Gasteiger partial charge in [0, 0.05) is 40.7 Å². The van der Waals surface area contributed by atoms with E-state index in [1.165, 1.54) is 11.3 Å². The van der Waals surface area contributed by atoms with Crippen molar-refractivity contribution in [2.24, 2.45) is 11.8 Å². The molecule has 4 N–H and O–H groups in total. The van der Waals surface area contributed by atoms with Crippen molar-refractivity contribution in [3.8, 4) is 10.4 Å². The van der Waals surface area contributed by atoms with E-state index in [1.807, 2.05) is 12.3 Å². The molecule has 1 aliphatic rings. The van der Waals surface area contributed by atoms with Gasteiger partial charge >= 0.3 is 12.1 Å². The van der Waals surface area contributed by atoms with E-state index in [9.17, 15) is 28.2 Å². The summed E-state index contributed by atoms with van der Waals surface area (Å²) in [5.74, 6) is -1.37. The van der Waals surface area contributed by atoms with Crippen molar-refractivity contribution in [3.63, 3.8) is 0 Å². The number of alkyl halides is 3. The topological polar surface area (TPSA) is 124 Å². The van der Waals surface area contributed by atoms with Crippen LogP contribution in [0.2, 0.25) is 0 Å². The average Bonchev–Trinajstić information content (AvgIpc) is 3.51. The van der Waals surface area contributed by atoms with E-state index in [4.69, 9.17) is 0 Å². The van der Waals surface area contributed by atoms with Crippen molar-refractivity contribution in [3.05, 3.63) is 53.6 Å². The van der Waals surface area contributed by atoms with Gasteiger partial charge in [0.25, 0.3) is 0 Å². The normalized spacial score (nSPS) is 20.0. The zero-order valence-corrected chi connectivity index (χ0v) is 20.5. The lowest BCUT2D eigenvalue weighted by Gasteiger charge is -2.35. The number of anilines is 2. The van der Waals surface area contributed by atoms with Gasteiger partial charge in [-0.25, -0.2) is 15.0 Å². The second-order valence-corrected chi connectivity index (χ2v) is 10.4. The maximum Gasteiger partial charge on any atom is 0.433 e. The fourth-order valence-electron chi connectivity index (χ4n) is 4.82. The first-order valence-corrected chi connectivity index (χ1v) is 12.5. The first-order chi connectivity index (χ1) is 17.5. The molecule has 0 amide bonds. The summed E-state index contributed by atoms with van der Waals surface area (Å²) >= 11 is 1.38. The summed E-state index contributed by atoms with van der Waals surface area (Å²) in [6.45, 7) is 1.74. The number of carbonyl (C=O) groups is 1. The number of aromatic amines is 1. The number of hydrogen-bond acceptors (Lipinski definition) is 7. The van der Waals surface area contributed by atoms with E-state index in [2.05, 4.69) is 25.3 Å². The summed E-state index contributed by atoms with van der Waals surface area (Å²) in [6.07, 6.45) is 2.35. The van der Waals surface area contributed by atoms with Crippen LogP contribution in [0.5, 0.6) is 0 Å². The second-order valence-electron chi connectivity index (χ2n) is 9.41. The van der Waals surface area contributed by atoms with Crippen LogP contribution in [-0.2, 0) is 16.6 Å². The zero-order valence-electron chi connectivity index (χ0n) is 19.7. The molecule has 0 bridgehead atoms. The van der Waals surface area contributed by atoms with Crippen LogP contribution in [-0.4, -0.2) is 36.1 Å². The Labute approximate surface area is 213 Å². The molecule has 1 aromatic carbocycles. The van der Waals surface area contributed by atoms with Crippen molar-refractivity contribution in [2.75, 3.05) is 5.32 Å². The number of nitrogens with zero attached hydrogens (tertiary/aromatic N) is 3. The molecule has 3 heterocycles. The Morgan fingerprint density at radius 2 is 1.92 bits per heavy atom. The molecule has 0 spiro atoms. The number of halogens is 3. The van der Waals surface area contributed by atoms with Gasteiger partial charge in [-0.15, -0.1) is 11.3 Å². The maximum atomic E-state index is 12.9. The molecule has 8 nitrogen and oxygen atoms in total. The summed E-state index contributed by atoms with van der Waals surface area (Å²) < 4.78 is 38.8. The molecule has 0 aliphatic heterocycles. The third-order valence-electron chi connectivity index (χ3n) is 6.96. The van der Waals surface area contributed by atoms with Crippen molar-refractivity contribution in [1.82, 2.24) is 19.9 Å². The molecule has 0 radical (unpaired) electrons. The van der Waals surface area contributed by atoms with Crippen molar-refractivity contribution in [1.29, 1.82) is 0 Å². The number of fused-ring (bicyclic) bond motifs is 1. The van der Waals surface area contributed by atoms with Crippen LogP contribution >= 0.6 is 11.3 Å². The van der Waals surface area contributed by atoms with Crippen LogP contribution in [0.1, 0.15) is 43.3 Å². The molecule has 1 fully saturated rings. The number of hydrogen-bond donors (Lipinski definition) is 4. The molecular formula is C25H24F3N5O3S. The van der Waals surface area contributed by atoms with E-state index in [0.717, 1.165) is 33.6 Å². The van der Waals surface area contributed by atoms with Crippen LogP contribution in [0.3, 0.4) is 0 Å². The van der Waals surface area contributed by atoms with Gasteiger partial charge in [0.05, 0.1) is 10.8 Å². The summed E-state index contributed by atoms with van der Waals surface area (Å²) in [7, 11) is 0. The summed E-state index contributed by atoms with van der Waals surface area (Å²) in [6, 6.07) is 6.12. The van der Waals surface area contributed by atoms with Gasteiger partial charge < -0.3 is 20.5 Å². The maximum absolute atomic E-state index is 12.9. The van der Waals surface area contributed by atoms with Crippen LogP contribution in [0.15, 0.2) is 42.9 Å². The van der Waals surface area contributed by atoms with E-state index in [-0.39, 0.29) is 17.8 Å². The third kappa shape index (κ3) is 5.03. The number of rotatable bonds is 6. The molecule has 0 saturated heterocycles. The minimum atomic E-state index is -4.56. The van der Waals surface area contributed by atoms with Gasteiger partial charge in [-0.1, -0.05) is 6.07 Å². The molecule has 1 unspecified atom stereocenters. The Morgan fingerprint density at radius 3 is 2.62 bits per heavy atom. The SMILES string of the molecule is CC(O)(c1ncc(-c2c[nH]c3cc(Nc4nccc(C(F)(F)F)n4)ccc23)s1)[C@H]1CC[C@H](C(=O)O)CC1. The molecule has 1 aliphatic carbocycles. The lowest BCUT2D eigenvalue weighted by atomic mass is 9.74. The number of nitrogens with one attached hydrogen (secondary N) is 2. The van der Waals surface area contributed by atoms with Gasteiger partial charge in [-0.05, 0) is 56.7 Å². The highest BCUT2D eigenvalue weighted by atomic mass is 32.1. The number of carboxylic acid groups (broad SMARTS) is 1. The smallest absolute Gasteiger partial charge is 0.433 e. The quantitative estimate of drug-likeness (QED) is 0.243. The van der Waals surface area contributed by atoms with Crippen molar-refractivity contribution >= 4 is 39.8 Å². The van der Waals surface area contributed by atoms with Gasteiger partial charge in [0.15, 0.2) is 0 Å². The largest absolute Gasteiger partial charge is 0.481 e. The lowest BCUT2D eigenvalue weighted by Crippen LogP contribution is -2.35. The Kier molecular flexibility index (Phi) is 6.40. The van der Waals surface area contributed by atoms with Gasteiger partial charge in [-0.2, -0.15) is 13.2 Å². The Bertz CT molecular complexity index is 1440. The number of aliphatic carboxylic acids is 1. The Hall–Kier alpha value is -3.51. The van der Waals surface area contributed by atoms with E-state index in [0.29, 0.717) is 36.4 Å². The number of aromatic nitrogens is 4. The monoisotopic (exact) mass is 531 g/mol. The number of aliphatic hydroxyl groups is 1. The Balaban J connectivity index is 1.34. The molecule has 5 rings (SSSR count). The molecule has 1 saturated carbocycles. The van der Waals surface area contributed by atoms with Crippen molar-refractivity contribution < 1.29 is 28.2 Å². The fraction of sp³-hybridized carbons (Fsp3) is 0.360. The molecule has 4 aromatic rings. The van der Waals surface area contributed by atoms with Gasteiger partial charge in [0.2, 0.25) is 5.95 Å².